The molecule has 6 nitrogen and oxygen atoms in total. The number of nitrogens with one attached hydrogen (secondary N) is 1. The Morgan fingerprint density at radius 3 is 2.95 bits per heavy atom. The number of H-pyrrole nitrogens is 1. The van der Waals surface area contributed by atoms with Gasteiger partial charge in [0.1, 0.15) is 5.82 Å². The Bertz CT molecular complexity index is 625. The molecule has 1 aromatic carbocycles. The summed E-state index contributed by atoms with van der Waals surface area (Å²) >= 11 is 0. The van der Waals surface area contributed by atoms with E-state index in [9.17, 15) is 14.5 Å². The van der Waals surface area contributed by atoms with E-state index < -0.39 is 16.4 Å². The van der Waals surface area contributed by atoms with Gasteiger partial charge < -0.3 is 10.7 Å². The largest absolute Gasteiger partial charge is 0.342 e. The molecule has 0 saturated carbocycles. The van der Waals surface area contributed by atoms with Crippen LogP contribution in [0.3, 0.4) is 0 Å². The Hall–Kier alpha value is -2.28. The van der Waals surface area contributed by atoms with E-state index in [-0.39, 0.29) is 6.04 Å². The minimum Gasteiger partial charge on any atom is -0.342 e. The maximum atomic E-state index is 13.3. The monoisotopic (exact) mass is 278 g/mol. The molecule has 0 aliphatic rings. The van der Waals surface area contributed by atoms with Crippen molar-refractivity contribution in [1.29, 1.82) is 0 Å². The van der Waals surface area contributed by atoms with Crippen LogP contribution in [-0.2, 0) is 6.42 Å². The quantitative estimate of drug-likeness (QED) is 0.648. The van der Waals surface area contributed by atoms with Crippen LogP contribution < -0.4 is 5.73 Å². The Balaban J connectivity index is 2.24. The summed E-state index contributed by atoms with van der Waals surface area (Å²) in [5.74, 6) is -0.0975. The highest BCUT2D eigenvalue weighted by atomic mass is 19.1. The number of nitrogens with zero attached hydrogens (tertiary/aromatic N) is 2. The highest BCUT2D eigenvalue weighted by molar-refractivity contribution is 5.62. The number of rotatable bonds is 5. The Labute approximate surface area is 115 Å². The average molecular weight is 278 g/mol. The van der Waals surface area contributed by atoms with Gasteiger partial charge in [0.15, 0.2) is 0 Å². The van der Waals surface area contributed by atoms with Gasteiger partial charge in [0.05, 0.1) is 16.8 Å². The lowest BCUT2D eigenvalue weighted by atomic mass is 10.1. The lowest BCUT2D eigenvalue weighted by Gasteiger charge is -2.02. The number of aromatic nitrogens is 2. The molecule has 1 aromatic heterocycles. The zero-order chi connectivity index (χ0) is 14.7. The van der Waals surface area contributed by atoms with Gasteiger partial charge in [-0.15, -0.1) is 0 Å². The van der Waals surface area contributed by atoms with Crippen LogP contribution in [0.2, 0.25) is 0 Å². The minimum atomic E-state index is -0.851. The van der Waals surface area contributed by atoms with E-state index >= 15 is 0 Å². The molecule has 0 aliphatic carbocycles. The maximum Gasteiger partial charge on any atom is 0.305 e. The number of hydrogen-bond donors (Lipinski definition) is 2. The summed E-state index contributed by atoms with van der Waals surface area (Å²) in [5, 5.41) is 10.7. The molecule has 2 rings (SSSR count). The number of benzene rings is 1. The van der Waals surface area contributed by atoms with E-state index in [1.165, 1.54) is 12.1 Å². The average Bonchev–Trinajstić information content (AvgIpc) is 2.85. The van der Waals surface area contributed by atoms with Crippen molar-refractivity contribution in [2.45, 2.75) is 25.8 Å². The van der Waals surface area contributed by atoms with Crippen LogP contribution in [0.1, 0.15) is 19.2 Å². The standard InChI is InChI=1S/C13H15FN4O2/c1-8(15)2-5-13-16-7-11(17-13)9-3-4-10(14)12(6-9)18(19)20/h3-4,6-8H,2,5,15H2,1H3,(H,16,17). The van der Waals surface area contributed by atoms with Crippen molar-refractivity contribution in [2.24, 2.45) is 5.73 Å². The molecule has 0 radical (unpaired) electrons. The molecular formula is C13H15FN4O2. The second-order valence-electron chi connectivity index (χ2n) is 4.68. The van der Waals surface area contributed by atoms with Gasteiger partial charge in [0, 0.05) is 24.1 Å². The number of hydrogen-bond acceptors (Lipinski definition) is 4. The number of aromatic amines is 1. The van der Waals surface area contributed by atoms with Crippen molar-refractivity contribution >= 4 is 5.69 Å². The molecule has 106 valence electrons. The third kappa shape index (κ3) is 3.18. The molecular weight excluding hydrogens is 263 g/mol. The molecule has 0 spiro atoms. The van der Waals surface area contributed by atoms with Crippen LogP contribution in [0.4, 0.5) is 10.1 Å². The highest BCUT2D eigenvalue weighted by Crippen LogP contribution is 2.25. The van der Waals surface area contributed by atoms with Crippen LogP contribution in [0, 0.1) is 15.9 Å². The highest BCUT2D eigenvalue weighted by Gasteiger charge is 2.15. The predicted octanol–water partition coefficient (Wildman–Crippen LogP) is 2.40. The first-order valence-electron chi connectivity index (χ1n) is 6.21. The first-order valence-corrected chi connectivity index (χ1v) is 6.21. The van der Waals surface area contributed by atoms with Gasteiger partial charge in [-0.25, -0.2) is 4.98 Å². The van der Waals surface area contributed by atoms with Gasteiger partial charge in [-0.1, -0.05) is 0 Å². The molecule has 0 bridgehead atoms. The lowest BCUT2D eigenvalue weighted by molar-refractivity contribution is -0.387. The van der Waals surface area contributed by atoms with Gasteiger partial charge in [-0.2, -0.15) is 4.39 Å². The van der Waals surface area contributed by atoms with Gasteiger partial charge in [0.25, 0.3) is 0 Å². The Kier molecular flexibility index (Phi) is 4.09. The molecule has 1 atom stereocenters. The predicted molar refractivity (Wildman–Crippen MR) is 72.6 cm³/mol. The molecule has 20 heavy (non-hydrogen) atoms. The molecule has 0 amide bonds. The fourth-order valence-electron chi connectivity index (χ4n) is 1.82. The number of nitrogens with two attached hydrogens (primary N) is 1. The minimum absolute atomic E-state index is 0.0791. The molecule has 0 saturated heterocycles. The summed E-state index contributed by atoms with van der Waals surface area (Å²) < 4.78 is 13.3. The first kappa shape index (κ1) is 14.1. The summed E-state index contributed by atoms with van der Waals surface area (Å²) in [6.45, 7) is 1.91. The van der Waals surface area contributed by atoms with Crippen molar-refractivity contribution in [3.8, 4) is 11.3 Å². The number of imidazole rings is 1. The third-order valence-corrected chi connectivity index (χ3v) is 2.92. The van der Waals surface area contributed by atoms with Crippen LogP contribution in [0.15, 0.2) is 24.4 Å². The van der Waals surface area contributed by atoms with Gasteiger partial charge >= 0.3 is 5.69 Å². The maximum absolute atomic E-state index is 13.3. The van der Waals surface area contributed by atoms with E-state index in [0.29, 0.717) is 17.7 Å². The van der Waals surface area contributed by atoms with E-state index in [2.05, 4.69) is 9.97 Å². The van der Waals surface area contributed by atoms with Crippen molar-refractivity contribution in [3.05, 3.63) is 46.2 Å². The lowest BCUT2D eigenvalue weighted by Crippen LogP contribution is -2.15. The fourth-order valence-corrected chi connectivity index (χ4v) is 1.82. The summed E-state index contributed by atoms with van der Waals surface area (Å²) in [5.41, 5.74) is 6.27. The topological polar surface area (TPSA) is 97.8 Å². The number of aryl methyl sites for hydroxylation is 1. The molecule has 1 heterocycles. The van der Waals surface area contributed by atoms with Gasteiger partial charge in [0.2, 0.25) is 5.82 Å². The second kappa shape index (κ2) is 5.79. The van der Waals surface area contributed by atoms with Gasteiger partial charge in [-0.05, 0) is 25.5 Å². The van der Waals surface area contributed by atoms with E-state index in [4.69, 9.17) is 5.73 Å². The number of nitro groups is 1. The summed E-state index contributed by atoms with van der Waals surface area (Å²) in [7, 11) is 0. The van der Waals surface area contributed by atoms with Crippen molar-refractivity contribution in [1.82, 2.24) is 9.97 Å². The number of halogens is 1. The van der Waals surface area contributed by atoms with Crippen LogP contribution >= 0.6 is 0 Å². The second-order valence-corrected chi connectivity index (χ2v) is 4.68. The Morgan fingerprint density at radius 2 is 2.30 bits per heavy atom. The third-order valence-electron chi connectivity index (χ3n) is 2.92. The zero-order valence-corrected chi connectivity index (χ0v) is 11.0. The number of nitro benzene ring substituents is 1. The van der Waals surface area contributed by atoms with Crippen molar-refractivity contribution in [3.63, 3.8) is 0 Å². The molecule has 1 unspecified atom stereocenters. The smallest absolute Gasteiger partial charge is 0.305 e. The normalized spacial score (nSPS) is 12.3. The molecule has 0 fully saturated rings. The first-order chi connectivity index (χ1) is 9.47. The van der Waals surface area contributed by atoms with E-state index in [1.54, 1.807) is 6.20 Å². The van der Waals surface area contributed by atoms with Crippen LogP contribution in [0.25, 0.3) is 11.3 Å². The zero-order valence-electron chi connectivity index (χ0n) is 11.0. The molecule has 0 aliphatic heterocycles. The summed E-state index contributed by atoms with van der Waals surface area (Å²) in [4.78, 5) is 17.2. The molecule has 3 N–H and O–H groups in total. The van der Waals surface area contributed by atoms with Crippen molar-refractivity contribution in [2.75, 3.05) is 0 Å². The summed E-state index contributed by atoms with van der Waals surface area (Å²) in [6.07, 6.45) is 3.06. The Morgan fingerprint density at radius 1 is 1.55 bits per heavy atom. The van der Waals surface area contributed by atoms with Crippen LogP contribution in [-0.4, -0.2) is 20.9 Å². The SMILES string of the molecule is CC(N)CCc1ncc(-c2ccc(F)c([N+](=O)[O-])c2)[nH]1. The van der Waals surface area contributed by atoms with Gasteiger partial charge in [-0.3, -0.25) is 10.1 Å². The molecule has 2 aromatic rings. The van der Waals surface area contributed by atoms with E-state index in [1.807, 2.05) is 6.92 Å². The summed E-state index contributed by atoms with van der Waals surface area (Å²) in [6, 6.07) is 3.83. The van der Waals surface area contributed by atoms with Crippen molar-refractivity contribution < 1.29 is 9.31 Å². The van der Waals surface area contributed by atoms with Crippen LogP contribution in [0.5, 0.6) is 0 Å². The van der Waals surface area contributed by atoms with E-state index in [0.717, 1.165) is 18.3 Å². The fraction of sp³-hybridized carbons (Fsp3) is 0.308. The molecule has 7 heteroatoms.